The van der Waals surface area contributed by atoms with Crippen LogP contribution in [0.15, 0.2) is 30.3 Å². The lowest BCUT2D eigenvalue weighted by molar-refractivity contribution is 0.126. The Hall–Kier alpha value is -1.55. The maximum absolute atomic E-state index is 12.2. The summed E-state index contributed by atoms with van der Waals surface area (Å²) in [5.41, 5.74) is 0.927. The highest BCUT2D eigenvalue weighted by atomic mass is 16.3. The van der Waals surface area contributed by atoms with E-state index in [0.717, 1.165) is 44.3 Å². The number of aliphatic hydroxyl groups is 1. The third-order valence-corrected chi connectivity index (χ3v) is 4.12. The second kappa shape index (κ2) is 8.03. The van der Waals surface area contributed by atoms with Gasteiger partial charge in [-0.05, 0) is 31.2 Å². The van der Waals surface area contributed by atoms with Gasteiger partial charge in [-0.3, -0.25) is 0 Å². The predicted molar refractivity (Wildman–Crippen MR) is 84.1 cm³/mol. The van der Waals surface area contributed by atoms with Gasteiger partial charge in [-0.25, -0.2) is 4.79 Å². The lowest BCUT2D eigenvalue weighted by atomic mass is 10.0. The SMILES string of the molecule is CCCCNC(=O)N1CCC[C@H]1C[C@@H](O)c1ccccc1. The number of hydrogen-bond donors (Lipinski definition) is 2. The van der Waals surface area contributed by atoms with Gasteiger partial charge in [0, 0.05) is 19.1 Å². The van der Waals surface area contributed by atoms with E-state index in [1.807, 2.05) is 35.2 Å². The molecule has 0 spiro atoms. The van der Waals surface area contributed by atoms with Crippen LogP contribution in [0, 0.1) is 0 Å². The van der Waals surface area contributed by atoms with Gasteiger partial charge in [0.2, 0.25) is 0 Å². The van der Waals surface area contributed by atoms with E-state index in [-0.39, 0.29) is 12.1 Å². The smallest absolute Gasteiger partial charge is 0.317 e. The Morgan fingerprint density at radius 2 is 2.19 bits per heavy atom. The average Bonchev–Trinajstić information content (AvgIpc) is 2.96. The minimum Gasteiger partial charge on any atom is -0.388 e. The van der Waals surface area contributed by atoms with E-state index in [1.165, 1.54) is 0 Å². The number of unbranched alkanes of at least 4 members (excludes halogenated alkanes) is 1. The number of carbonyl (C=O) groups excluding carboxylic acids is 1. The fourth-order valence-corrected chi connectivity index (χ4v) is 2.89. The molecule has 0 saturated carbocycles. The van der Waals surface area contributed by atoms with Crippen molar-refractivity contribution < 1.29 is 9.90 Å². The van der Waals surface area contributed by atoms with Crippen molar-refractivity contribution in [2.24, 2.45) is 0 Å². The zero-order valence-corrected chi connectivity index (χ0v) is 12.8. The molecule has 1 aliphatic heterocycles. The monoisotopic (exact) mass is 290 g/mol. The van der Waals surface area contributed by atoms with Crippen molar-refractivity contribution >= 4 is 6.03 Å². The largest absolute Gasteiger partial charge is 0.388 e. The molecule has 2 atom stereocenters. The molecule has 4 nitrogen and oxygen atoms in total. The fraction of sp³-hybridized carbons (Fsp3) is 0.588. The van der Waals surface area contributed by atoms with Gasteiger partial charge in [0.05, 0.1) is 6.10 Å². The maximum Gasteiger partial charge on any atom is 0.317 e. The minimum absolute atomic E-state index is 0.0196. The number of amides is 2. The fourth-order valence-electron chi connectivity index (χ4n) is 2.89. The number of hydrogen-bond acceptors (Lipinski definition) is 2. The average molecular weight is 290 g/mol. The van der Waals surface area contributed by atoms with Gasteiger partial charge in [0.15, 0.2) is 0 Å². The Morgan fingerprint density at radius 1 is 1.43 bits per heavy atom. The molecule has 2 amide bonds. The molecule has 1 aromatic carbocycles. The molecule has 1 heterocycles. The van der Waals surface area contributed by atoms with Crippen LogP contribution in [0.1, 0.15) is 50.7 Å². The summed E-state index contributed by atoms with van der Waals surface area (Å²) in [5.74, 6) is 0. The highest BCUT2D eigenvalue weighted by molar-refractivity contribution is 5.74. The molecule has 1 fully saturated rings. The molecular weight excluding hydrogens is 264 g/mol. The van der Waals surface area contributed by atoms with Gasteiger partial charge in [-0.15, -0.1) is 0 Å². The van der Waals surface area contributed by atoms with Crippen LogP contribution in [-0.2, 0) is 0 Å². The molecule has 2 N–H and O–H groups in total. The molecular formula is C17H26N2O2. The lowest BCUT2D eigenvalue weighted by Gasteiger charge is -2.27. The Morgan fingerprint density at radius 3 is 2.90 bits per heavy atom. The van der Waals surface area contributed by atoms with Crippen molar-refractivity contribution in [2.75, 3.05) is 13.1 Å². The van der Waals surface area contributed by atoms with Gasteiger partial charge in [0.25, 0.3) is 0 Å². The number of aliphatic hydroxyl groups excluding tert-OH is 1. The first-order chi connectivity index (χ1) is 10.2. The molecule has 21 heavy (non-hydrogen) atoms. The summed E-state index contributed by atoms with van der Waals surface area (Å²) in [4.78, 5) is 14.1. The zero-order valence-electron chi connectivity index (χ0n) is 12.8. The van der Waals surface area contributed by atoms with E-state index >= 15 is 0 Å². The molecule has 1 aliphatic rings. The summed E-state index contributed by atoms with van der Waals surface area (Å²) in [7, 11) is 0. The number of nitrogens with zero attached hydrogens (tertiary/aromatic N) is 1. The molecule has 0 bridgehead atoms. The van der Waals surface area contributed by atoms with Crippen molar-refractivity contribution in [3.8, 4) is 0 Å². The van der Waals surface area contributed by atoms with Crippen LogP contribution in [0.25, 0.3) is 0 Å². The van der Waals surface area contributed by atoms with Gasteiger partial charge in [-0.1, -0.05) is 43.7 Å². The number of carbonyl (C=O) groups is 1. The van der Waals surface area contributed by atoms with Gasteiger partial charge in [0.1, 0.15) is 0 Å². The Labute approximate surface area is 127 Å². The van der Waals surface area contributed by atoms with Crippen LogP contribution in [-0.4, -0.2) is 35.2 Å². The minimum atomic E-state index is -0.500. The summed E-state index contributed by atoms with van der Waals surface area (Å²) in [6.07, 6.45) is 4.21. The zero-order chi connectivity index (χ0) is 15.1. The van der Waals surface area contributed by atoms with Crippen LogP contribution < -0.4 is 5.32 Å². The van der Waals surface area contributed by atoms with E-state index < -0.39 is 6.10 Å². The maximum atomic E-state index is 12.2. The van der Waals surface area contributed by atoms with Crippen molar-refractivity contribution in [3.05, 3.63) is 35.9 Å². The lowest BCUT2D eigenvalue weighted by Crippen LogP contribution is -2.43. The number of urea groups is 1. The highest BCUT2D eigenvalue weighted by Gasteiger charge is 2.30. The Bertz CT molecular complexity index is 436. The molecule has 0 aliphatic carbocycles. The second-order valence-electron chi connectivity index (χ2n) is 5.74. The van der Waals surface area contributed by atoms with E-state index in [2.05, 4.69) is 12.2 Å². The topological polar surface area (TPSA) is 52.6 Å². The quantitative estimate of drug-likeness (QED) is 0.791. The second-order valence-corrected chi connectivity index (χ2v) is 5.74. The van der Waals surface area contributed by atoms with Crippen molar-refractivity contribution in [1.29, 1.82) is 0 Å². The van der Waals surface area contributed by atoms with Crippen LogP contribution in [0.4, 0.5) is 4.79 Å². The normalized spacial score (nSPS) is 19.5. The predicted octanol–water partition coefficient (Wildman–Crippen LogP) is 3.08. The van der Waals surface area contributed by atoms with Crippen LogP contribution in [0.2, 0.25) is 0 Å². The van der Waals surface area contributed by atoms with Crippen molar-refractivity contribution in [2.45, 2.75) is 51.2 Å². The van der Waals surface area contributed by atoms with Gasteiger partial charge in [-0.2, -0.15) is 0 Å². The molecule has 0 radical (unpaired) electrons. The number of nitrogens with one attached hydrogen (secondary N) is 1. The van der Waals surface area contributed by atoms with Gasteiger partial charge >= 0.3 is 6.03 Å². The highest BCUT2D eigenvalue weighted by Crippen LogP contribution is 2.27. The summed E-state index contributed by atoms with van der Waals surface area (Å²) in [6.45, 7) is 3.64. The number of benzene rings is 1. The molecule has 0 unspecified atom stereocenters. The van der Waals surface area contributed by atoms with Gasteiger partial charge < -0.3 is 15.3 Å². The van der Waals surface area contributed by atoms with Crippen molar-refractivity contribution in [1.82, 2.24) is 10.2 Å². The van der Waals surface area contributed by atoms with Crippen molar-refractivity contribution in [3.63, 3.8) is 0 Å². The molecule has 0 aromatic heterocycles. The summed E-state index contributed by atoms with van der Waals surface area (Å²) < 4.78 is 0. The molecule has 116 valence electrons. The summed E-state index contributed by atoms with van der Waals surface area (Å²) >= 11 is 0. The Balaban J connectivity index is 1.88. The third-order valence-electron chi connectivity index (χ3n) is 4.12. The molecule has 4 heteroatoms. The van der Waals surface area contributed by atoms with E-state index in [4.69, 9.17) is 0 Å². The first-order valence-corrected chi connectivity index (χ1v) is 8.00. The van der Waals surface area contributed by atoms with E-state index in [1.54, 1.807) is 0 Å². The Kier molecular flexibility index (Phi) is 6.05. The summed E-state index contributed by atoms with van der Waals surface area (Å²) in [5, 5.41) is 13.3. The summed E-state index contributed by atoms with van der Waals surface area (Å²) in [6, 6.07) is 9.84. The number of likely N-dealkylation sites (tertiary alicyclic amines) is 1. The van der Waals surface area contributed by atoms with Crippen LogP contribution in [0.5, 0.6) is 0 Å². The number of rotatable bonds is 6. The molecule has 2 rings (SSSR count). The third kappa shape index (κ3) is 4.46. The van der Waals surface area contributed by atoms with E-state index in [9.17, 15) is 9.90 Å². The molecule has 1 saturated heterocycles. The first-order valence-electron chi connectivity index (χ1n) is 8.00. The van der Waals surface area contributed by atoms with Crippen LogP contribution in [0.3, 0.4) is 0 Å². The van der Waals surface area contributed by atoms with Crippen LogP contribution >= 0.6 is 0 Å². The molecule has 1 aromatic rings. The first kappa shape index (κ1) is 15.8. The standard InChI is InChI=1S/C17H26N2O2/c1-2-3-11-18-17(21)19-12-7-10-15(19)13-16(20)14-8-5-4-6-9-14/h4-6,8-9,15-16,20H,2-3,7,10-13H2,1H3,(H,18,21)/t15-,16+/m0/s1. The van der Waals surface area contributed by atoms with E-state index in [0.29, 0.717) is 6.42 Å².